The van der Waals surface area contributed by atoms with Crippen molar-refractivity contribution in [2.24, 2.45) is 11.5 Å². The number of hydrogen-bond acceptors (Lipinski definition) is 2. The van der Waals surface area contributed by atoms with Crippen molar-refractivity contribution in [2.45, 2.75) is 40.0 Å². The quantitative estimate of drug-likeness (QED) is 0.551. The number of unbranched alkanes of at least 4 members (excludes halogenated alkanes) is 2. The van der Waals surface area contributed by atoms with E-state index in [1.807, 2.05) is 6.08 Å². The van der Waals surface area contributed by atoms with Crippen molar-refractivity contribution in [3.05, 3.63) is 23.8 Å². The van der Waals surface area contributed by atoms with E-state index in [9.17, 15) is 9.59 Å². The Morgan fingerprint density at radius 2 is 1.62 bits per heavy atom. The average molecular weight is 226 g/mol. The lowest BCUT2D eigenvalue weighted by atomic mass is 10.2. The third kappa shape index (κ3) is 12.4. The third-order valence-electron chi connectivity index (χ3n) is 1.82. The number of nitrogens with two attached hydrogens (primary N) is 2. The molecule has 0 aromatic rings. The van der Waals surface area contributed by atoms with E-state index in [4.69, 9.17) is 11.5 Å². The van der Waals surface area contributed by atoms with Crippen LogP contribution in [0.3, 0.4) is 0 Å². The highest BCUT2D eigenvalue weighted by molar-refractivity contribution is 5.91. The van der Waals surface area contributed by atoms with Gasteiger partial charge in [0.25, 0.3) is 0 Å². The summed E-state index contributed by atoms with van der Waals surface area (Å²) in [7, 11) is 0. The Labute approximate surface area is 97.4 Å². The smallest absolute Gasteiger partial charge is 0.244 e. The molecule has 0 aromatic carbocycles. The highest BCUT2D eigenvalue weighted by atomic mass is 16.1. The molecule has 2 amide bonds. The van der Waals surface area contributed by atoms with Crippen LogP contribution in [0.15, 0.2) is 23.8 Å². The maximum atomic E-state index is 10.4. The molecule has 0 aliphatic heterocycles. The van der Waals surface area contributed by atoms with Crippen LogP contribution >= 0.6 is 0 Å². The monoisotopic (exact) mass is 226 g/mol. The van der Waals surface area contributed by atoms with Gasteiger partial charge in [0, 0.05) is 11.1 Å². The second-order valence-electron chi connectivity index (χ2n) is 3.54. The fourth-order valence-corrected chi connectivity index (χ4v) is 0.623. The summed E-state index contributed by atoms with van der Waals surface area (Å²) in [6, 6.07) is 0. The van der Waals surface area contributed by atoms with E-state index in [2.05, 4.69) is 13.5 Å². The molecule has 0 atom stereocenters. The van der Waals surface area contributed by atoms with Crippen LogP contribution in [0.1, 0.15) is 40.0 Å². The number of carbonyl (C=O) groups is 2. The summed E-state index contributed by atoms with van der Waals surface area (Å²) in [6.45, 7) is 8.72. The minimum atomic E-state index is -0.435. The molecule has 4 nitrogen and oxygen atoms in total. The lowest BCUT2D eigenvalue weighted by molar-refractivity contribution is -0.115. The molecular formula is C12H22N2O2. The lowest BCUT2D eigenvalue weighted by Crippen LogP contribution is -2.11. The molecule has 0 aromatic heterocycles. The molecule has 0 aliphatic rings. The number of carbonyl (C=O) groups excluding carboxylic acids is 2. The summed E-state index contributed by atoms with van der Waals surface area (Å²) in [5.74, 6) is -0.744. The standard InChI is InChI=1S/C8H15NO.C4H7NO/c1-3-4-5-6-7(2)8(9)10;1-3(2)4(5)6/h6H,3-5H2,1-2H3,(H2,9,10);1H2,2H3,(H2,5,6). The molecular weight excluding hydrogens is 204 g/mol. The Hall–Kier alpha value is -1.58. The van der Waals surface area contributed by atoms with Crippen LogP contribution in [0.4, 0.5) is 0 Å². The zero-order chi connectivity index (χ0) is 13.1. The van der Waals surface area contributed by atoms with Gasteiger partial charge in [-0.25, -0.2) is 0 Å². The highest BCUT2D eigenvalue weighted by Gasteiger charge is 1.93. The van der Waals surface area contributed by atoms with Gasteiger partial charge >= 0.3 is 0 Å². The molecule has 0 saturated heterocycles. The van der Waals surface area contributed by atoms with Crippen molar-refractivity contribution in [3.8, 4) is 0 Å². The van der Waals surface area contributed by atoms with E-state index in [0.717, 1.165) is 19.3 Å². The Bertz CT molecular complexity index is 269. The van der Waals surface area contributed by atoms with Crippen LogP contribution in [-0.4, -0.2) is 11.8 Å². The molecule has 0 heterocycles. The van der Waals surface area contributed by atoms with E-state index in [0.29, 0.717) is 11.1 Å². The minimum Gasteiger partial charge on any atom is -0.366 e. The molecule has 16 heavy (non-hydrogen) atoms. The molecule has 0 aliphatic carbocycles. The zero-order valence-corrected chi connectivity index (χ0v) is 10.4. The van der Waals surface area contributed by atoms with Crippen molar-refractivity contribution in [1.29, 1.82) is 0 Å². The van der Waals surface area contributed by atoms with Gasteiger partial charge in [-0.3, -0.25) is 9.59 Å². The number of primary amides is 2. The first-order chi connectivity index (χ1) is 7.32. The average Bonchev–Trinajstić information content (AvgIpc) is 2.18. The van der Waals surface area contributed by atoms with Crippen LogP contribution in [-0.2, 0) is 9.59 Å². The van der Waals surface area contributed by atoms with Gasteiger partial charge in [0.05, 0.1) is 0 Å². The Balaban J connectivity index is 0. The van der Waals surface area contributed by atoms with Crippen LogP contribution in [0.5, 0.6) is 0 Å². The van der Waals surface area contributed by atoms with Crippen LogP contribution < -0.4 is 11.5 Å². The van der Waals surface area contributed by atoms with E-state index < -0.39 is 5.91 Å². The molecule has 92 valence electrons. The Kier molecular flexibility index (Phi) is 10.5. The number of allylic oxidation sites excluding steroid dienone is 1. The summed E-state index contributed by atoms with van der Waals surface area (Å²) in [5.41, 5.74) is 10.8. The second kappa shape index (κ2) is 9.96. The van der Waals surface area contributed by atoms with Gasteiger partial charge in [0.2, 0.25) is 11.8 Å². The van der Waals surface area contributed by atoms with Gasteiger partial charge in [0.15, 0.2) is 0 Å². The fourth-order valence-electron chi connectivity index (χ4n) is 0.623. The molecule has 0 rings (SSSR count). The first-order valence-electron chi connectivity index (χ1n) is 5.24. The first kappa shape index (κ1) is 16.8. The van der Waals surface area contributed by atoms with Crippen molar-refractivity contribution in [1.82, 2.24) is 0 Å². The molecule has 4 N–H and O–H groups in total. The Morgan fingerprint density at radius 3 is 1.88 bits per heavy atom. The molecule has 0 radical (unpaired) electrons. The predicted molar refractivity (Wildman–Crippen MR) is 66.5 cm³/mol. The van der Waals surface area contributed by atoms with Gasteiger partial charge in [-0.2, -0.15) is 0 Å². The SMILES string of the molecule is C=C(C)C(N)=O.CCCCC=C(C)C(N)=O. The lowest BCUT2D eigenvalue weighted by Gasteiger charge is -1.92. The van der Waals surface area contributed by atoms with Crippen LogP contribution in [0.25, 0.3) is 0 Å². The fraction of sp³-hybridized carbons (Fsp3) is 0.500. The van der Waals surface area contributed by atoms with Gasteiger partial charge in [-0.05, 0) is 20.3 Å². The van der Waals surface area contributed by atoms with E-state index in [1.165, 1.54) is 0 Å². The molecule has 0 spiro atoms. The van der Waals surface area contributed by atoms with Gasteiger partial charge in [0.1, 0.15) is 0 Å². The van der Waals surface area contributed by atoms with E-state index in [-0.39, 0.29) is 5.91 Å². The summed E-state index contributed by atoms with van der Waals surface area (Å²) in [6.07, 6.45) is 5.14. The summed E-state index contributed by atoms with van der Waals surface area (Å²) >= 11 is 0. The van der Waals surface area contributed by atoms with Crippen LogP contribution in [0, 0.1) is 0 Å². The number of hydrogen-bond donors (Lipinski definition) is 2. The first-order valence-corrected chi connectivity index (χ1v) is 5.24. The third-order valence-corrected chi connectivity index (χ3v) is 1.82. The second-order valence-corrected chi connectivity index (χ2v) is 3.54. The predicted octanol–water partition coefficient (Wildman–Crippen LogP) is 1.66. The number of rotatable bonds is 5. The Morgan fingerprint density at radius 1 is 1.19 bits per heavy atom. The molecule has 0 saturated carbocycles. The topological polar surface area (TPSA) is 86.2 Å². The summed E-state index contributed by atoms with van der Waals surface area (Å²) < 4.78 is 0. The van der Waals surface area contributed by atoms with Crippen molar-refractivity contribution in [2.75, 3.05) is 0 Å². The zero-order valence-electron chi connectivity index (χ0n) is 10.4. The van der Waals surface area contributed by atoms with E-state index >= 15 is 0 Å². The maximum Gasteiger partial charge on any atom is 0.244 e. The molecule has 0 unspecified atom stereocenters. The van der Waals surface area contributed by atoms with Crippen molar-refractivity contribution >= 4 is 11.8 Å². The minimum absolute atomic E-state index is 0.309. The van der Waals surface area contributed by atoms with Crippen molar-refractivity contribution < 1.29 is 9.59 Å². The van der Waals surface area contributed by atoms with Crippen molar-refractivity contribution in [3.63, 3.8) is 0 Å². The number of amides is 2. The van der Waals surface area contributed by atoms with E-state index in [1.54, 1.807) is 13.8 Å². The van der Waals surface area contributed by atoms with Gasteiger partial charge in [-0.1, -0.05) is 32.4 Å². The summed E-state index contributed by atoms with van der Waals surface area (Å²) in [5, 5.41) is 0. The van der Waals surface area contributed by atoms with Crippen LogP contribution in [0.2, 0.25) is 0 Å². The normalized spacial score (nSPS) is 10.1. The highest BCUT2D eigenvalue weighted by Crippen LogP contribution is 1.99. The molecule has 4 heteroatoms. The summed E-state index contributed by atoms with van der Waals surface area (Å²) in [4.78, 5) is 20.3. The largest absolute Gasteiger partial charge is 0.366 e. The molecule has 0 fully saturated rings. The van der Waals surface area contributed by atoms with Gasteiger partial charge < -0.3 is 11.5 Å². The molecule has 0 bridgehead atoms. The van der Waals surface area contributed by atoms with Gasteiger partial charge in [-0.15, -0.1) is 0 Å². The maximum absolute atomic E-state index is 10.4.